The minimum atomic E-state index is -0.223. The maximum absolute atomic E-state index is 11.4. The normalized spacial score (nSPS) is 12.6. The molecule has 0 aliphatic heterocycles. The molecular formula is C13H15NO3. The van der Waals surface area contributed by atoms with Gasteiger partial charge < -0.3 is 14.8 Å². The average molecular weight is 233 g/mol. The molecule has 1 atom stereocenters. The van der Waals surface area contributed by atoms with Crippen molar-refractivity contribution in [1.29, 1.82) is 0 Å². The van der Waals surface area contributed by atoms with E-state index in [1.54, 1.807) is 12.1 Å². The monoisotopic (exact) mass is 233 g/mol. The molecule has 0 saturated heterocycles. The molecule has 1 heterocycles. The molecule has 2 aromatic rings. The number of hydrogen-bond donors (Lipinski definition) is 2. The highest BCUT2D eigenvalue weighted by molar-refractivity contribution is 5.85. The van der Waals surface area contributed by atoms with Crippen molar-refractivity contribution in [2.24, 2.45) is 5.92 Å². The highest BCUT2D eigenvalue weighted by Crippen LogP contribution is 2.25. The lowest BCUT2D eigenvalue weighted by atomic mass is 10.0. The zero-order valence-corrected chi connectivity index (χ0v) is 9.86. The molecule has 1 aromatic carbocycles. The third kappa shape index (κ3) is 2.25. The number of H-pyrrole nitrogens is 1. The van der Waals surface area contributed by atoms with Crippen LogP contribution in [-0.4, -0.2) is 23.2 Å². The van der Waals surface area contributed by atoms with Crippen molar-refractivity contribution in [1.82, 2.24) is 4.98 Å². The molecule has 0 radical (unpaired) electrons. The summed E-state index contributed by atoms with van der Waals surface area (Å²) in [6.07, 6.45) is 2.46. The van der Waals surface area contributed by atoms with Crippen LogP contribution >= 0.6 is 0 Å². The summed E-state index contributed by atoms with van der Waals surface area (Å²) in [6.45, 7) is 1.83. The van der Waals surface area contributed by atoms with Crippen LogP contribution in [0.1, 0.15) is 12.5 Å². The van der Waals surface area contributed by atoms with Gasteiger partial charge in [-0.15, -0.1) is 0 Å². The van der Waals surface area contributed by atoms with Gasteiger partial charge in [0.15, 0.2) is 0 Å². The minimum absolute atomic E-state index is 0.193. The largest absolute Gasteiger partial charge is 0.508 e. The molecule has 2 N–H and O–H groups in total. The highest BCUT2D eigenvalue weighted by Gasteiger charge is 2.16. The molecule has 1 unspecified atom stereocenters. The molecule has 0 amide bonds. The molecule has 4 heteroatoms. The summed E-state index contributed by atoms with van der Waals surface area (Å²) in [4.78, 5) is 14.5. The fourth-order valence-corrected chi connectivity index (χ4v) is 1.95. The summed E-state index contributed by atoms with van der Waals surface area (Å²) in [6, 6.07) is 5.15. The van der Waals surface area contributed by atoms with Crippen molar-refractivity contribution >= 4 is 16.9 Å². The number of benzene rings is 1. The van der Waals surface area contributed by atoms with Gasteiger partial charge in [-0.2, -0.15) is 0 Å². The first-order valence-electron chi connectivity index (χ1n) is 5.48. The van der Waals surface area contributed by atoms with E-state index in [2.05, 4.69) is 4.98 Å². The number of carbonyl (C=O) groups is 1. The van der Waals surface area contributed by atoms with Gasteiger partial charge in [-0.05, 0) is 30.2 Å². The zero-order chi connectivity index (χ0) is 12.4. The van der Waals surface area contributed by atoms with Gasteiger partial charge in [-0.1, -0.05) is 6.92 Å². The quantitative estimate of drug-likeness (QED) is 0.799. The fourth-order valence-electron chi connectivity index (χ4n) is 1.95. The maximum atomic E-state index is 11.4. The smallest absolute Gasteiger partial charge is 0.308 e. The first-order chi connectivity index (χ1) is 8.11. The minimum Gasteiger partial charge on any atom is -0.508 e. The number of hydrogen-bond acceptors (Lipinski definition) is 3. The van der Waals surface area contributed by atoms with Crippen molar-refractivity contribution < 1.29 is 14.6 Å². The molecule has 1 aromatic heterocycles. The summed E-state index contributed by atoms with van der Waals surface area (Å²) in [7, 11) is 1.39. The average Bonchev–Trinajstić information content (AvgIpc) is 2.71. The summed E-state index contributed by atoms with van der Waals surface area (Å²) < 4.78 is 4.70. The van der Waals surface area contributed by atoms with Crippen molar-refractivity contribution in [3.05, 3.63) is 30.0 Å². The standard InChI is InChI=1S/C13H15NO3/c1-8(13(16)17-2)5-9-7-14-12-4-3-10(15)6-11(9)12/h3-4,6-8,14-15H,5H2,1-2H3. The number of rotatable bonds is 3. The Morgan fingerprint density at radius 3 is 3.00 bits per heavy atom. The molecule has 4 nitrogen and oxygen atoms in total. The van der Waals surface area contributed by atoms with Crippen LogP contribution in [0.3, 0.4) is 0 Å². The third-order valence-corrected chi connectivity index (χ3v) is 2.88. The van der Waals surface area contributed by atoms with E-state index < -0.39 is 0 Å². The van der Waals surface area contributed by atoms with E-state index >= 15 is 0 Å². The Hall–Kier alpha value is -1.97. The lowest BCUT2D eigenvalue weighted by Crippen LogP contribution is -2.14. The van der Waals surface area contributed by atoms with Gasteiger partial charge in [0.1, 0.15) is 5.75 Å². The number of nitrogens with one attached hydrogen (secondary N) is 1. The van der Waals surface area contributed by atoms with Gasteiger partial charge in [-0.3, -0.25) is 4.79 Å². The van der Waals surface area contributed by atoms with E-state index in [4.69, 9.17) is 4.74 Å². The van der Waals surface area contributed by atoms with Gasteiger partial charge >= 0.3 is 5.97 Å². The molecule has 2 rings (SSSR count). The number of aromatic hydroxyl groups is 1. The molecule has 0 bridgehead atoms. The van der Waals surface area contributed by atoms with E-state index in [9.17, 15) is 9.90 Å². The Morgan fingerprint density at radius 1 is 1.53 bits per heavy atom. The molecule has 0 saturated carbocycles. The predicted molar refractivity (Wildman–Crippen MR) is 64.8 cm³/mol. The van der Waals surface area contributed by atoms with E-state index in [0.29, 0.717) is 6.42 Å². The maximum Gasteiger partial charge on any atom is 0.308 e. The van der Waals surface area contributed by atoms with Crippen molar-refractivity contribution in [3.63, 3.8) is 0 Å². The second kappa shape index (κ2) is 4.49. The SMILES string of the molecule is COC(=O)C(C)Cc1c[nH]c2ccc(O)cc12. The number of phenolic OH excluding ortho intramolecular Hbond substituents is 1. The highest BCUT2D eigenvalue weighted by atomic mass is 16.5. The van der Waals surface area contributed by atoms with E-state index in [0.717, 1.165) is 16.5 Å². The van der Waals surface area contributed by atoms with E-state index in [1.807, 2.05) is 19.2 Å². The summed E-state index contributed by atoms with van der Waals surface area (Å²) in [5.74, 6) is -0.190. The van der Waals surface area contributed by atoms with Crippen LogP contribution in [0.2, 0.25) is 0 Å². The number of fused-ring (bicyclic) bond motifs is 1. The first kappa shape index (κ1) is 11.5. The molecular weight excluding hydrogens is 218 g/mol. The molecule has 17 heavy (non-hydrogen) atoms. The Kier molecular flexibility index (Phi) is 3.04. The summed E-state index contributed by atoms with van der Waals surface area (Å²) in [5.41, 5.74) is 1.96. The zero-order valence-electron chi connectivity index (χ0n) is 9.86. The summed E-state index contributed by atoms with van der Waals surface area (Å²) >= 11 is 0. The molecule has 0 aliphatic rings. The van der Waals surface area contributed by atoms with Gasteiger partial charge in [0, 0.05) is 17.1 Å². The van der Waals surface area contributed by atoms with Gasteiger partial charge in [0.2, 0.25) is 0 Å². The number of esters is 1. The first-order valence-corrected chi connectivity index (χ1v) is 5.48. The second-order valence-corrected chi connectivity index (χ2v) is 4.17. The Balaban J connectivity index is 2.30. The van der Waals surface area contributed by atoms with E-state index in [-0.39, 0.29) is 17.6 Å². The topological polar surface area (TPSA) is 62.3 Å². The predicted octanol–water partition coefficient (Wildman–Crippen LogP) is 2.23. The van der Waals surface area contributed by atoms with Gasteiger partial charge in [-0.25, -0.2) is 0 Å². The number of aromatic amines is 1. The Labute approximate surface area is 99.2 Å². The van der Waals surface area contributed by atoms with Crippen LogP contribution < -0.4 is 0 Å². The lowest BCUT2D eigenvalue weighted by molar-refractivity contribution is -0.144. The number of phenols is 1. The van der Waals surface area contributed by atoms with Crippen molar-refractivity contribution in [2.75, 3.05) is 7.11 Å². The Bertz CT molecular complexity index is 545. The number of aromatic nitrogens is 1. The van der Waals surface area contributed by atoms with Crippen molar-refractivity contribution in [2.45, 2.75) is 13.3 Å². The lowest BCUT2D eigenvalue weighted by Gasteiger charge is -2.07. The van der Waals surface area contributed by atoms with Crippen LogP contribution in [0.15, 0.2) is 24.4 Å². The van der Waals surface area contributed by atoms with Crippen LogP contribution in [-0.2, 0) is 16.0 Å². The molecule has 0 fully saturated rings. The fraction of sp³-hybridized carbons (Fsp3) is 0.308. The van der Waals surface area contributed by atoms with E-state index in [1.165, 1.54) is 7.11 Å². The molecule has 0 aliphatic carbocycles. The van der Waals surface area contributed by atoms with Crippen LogP contribution in [0.4, 0.5) is 0 Å². The molecule has 90 valence electrons. The molecule has 0 spiro atoms. The number of methoxy groups -OCH3 is 1. The number of carbonyl (C=O) groups excluding carboxylic acids is 1. The van der Waals surface area contributed by atoms with Crippen LogP contribution in [0, 0.1) is 5.92 Å². The second-order valence-electron chi connectivity index (χ2n) is 4.17. The summed E-state index contributed by atoms with van der Waals surface area (Å²) in [5, 5.41) is 10.4. The third-order valence-electron chi connectivity index (χ3n) is 2.88. The van der Waals surface area contributed by atoms with Crippen molar-refractivity contribution in [3.8, 4) is 5.75 Å². The van der Waals surface area contributed by atoms with Gasteiger partial charge in [0.25, 0.3) is 0 Å². The van der Waals surface area contributed by atoms with Crippen LogP contribution in [0.25, 0.3) is 10.9 Å². The van der Waals surface area contributed by atoms with Gasteiger partial charge in [0.05, 0.1) is 13.0 Å². The Morgan fingerprint density at radius 2 is 2.29 bits per heavy atom. The number of ether oxygens (including phenoxy) is 1. The van der Waals surface area contributed by atoms with Crippen LogP contribution in [0.5, 0.6) is 5.75 Å².